The lowest BCUT2D eigenvalue weighted by Crippen LogP contribution is -2.48. The van der Waals surface area contributed by atoms with Gasteiger partial charge in [0, 0.05) is 50.7 Å². The van der Waals surface area contributed by atoms with Gasteiger partial charge in [0.25, 0.3) is 5.91 Å². The third kappa shape index (κ3) is 4.18. The number of carbonyl (C=O) groups is 1. The highest BCUT2D eigenvalue weighted by Crippen LogP contribution is 2.29. The van der Waals surface area contributed by atoms with Gasteiger partial charge in [0.2, 0.25) is 10.0 Å². The molecule has 0 bridgehead atoms. The molecule has 0 saturated carbocycles. The molecule has 2 fully saturated rings. The SMILES string of the molecule is O=C(c1sccc1S(=O)(=O)N1CCCCC1)N1CCN(Cc2cccs2)CC1. The van der Waals surface area contributed by atoms with Gasteiger partial charge < -0.3 is 4.90 Å². The van der Waals surface area contributed by atoms with Gasteiger partial charge >= 0.3 is 0 Å². The highest BCUT2D eigenvalue weighted by Gasteiger charge is 2.33. The number of amides is 1. The van der Waals surface area contributed by atoms with E-state index in [-0.39, 0.29) is 10.8 Å². The fourth-order valence-corrected chi connectivity index (χ4v) is 7.40. The van der Waals surface area contributed by atoms with Crippen molar-refractivity contribution in [3.63, 3.8) is 0 Å². The molecule has 2 saturated heterocycles. The van der Waals surface area contributed by atoms with E-state index in [0.29, 0.717) is 31.1 Å². The van der Waals surface area contributed by atoms with Crippen molar-refractivity contribution in [1.29, 1.82) is 0 Å². The maximum Gasteiger partial charge on any atom is 0.265 e. The molecule has 9 heteroatoms. The van der Waals surface area contributed by atoms with Crippen molar-refractivity contribution in [3.8, 4) is 0 Å². The first kappa shape index (κ1) is 20.0. The van der Waals surface area contributed by atoms with Crippen LogP contribution in [0.2, 0.25) is 0 Å². The maximum atomic E-state index is 13.1. The predicted octanol–water partition coefficient (Wildman–Crippen LogP) is 2.94. The zero-order valence-corrected chi connectivity index (χ0v) is 18.2. The number of carbonyl (C=O) groups excluding carboxylic acids is 1. The Labute approximate surface area is 174 Å². The molecule has 6 nitrogen and oxygen atoms in total. The fourth-order valence-electron chi connectivity index (χ4n) is 3.78. The molecule has 0 aliphatic carbocycles. The molecule has 28 heavy (non-hydrogen) atoms. The Hall–Kier alpha value is -1.26. The molecule has 0 atom stereocenters. The number of piperidine rings is 1. The molecule has 2 aromatic heterocycles. The van der Waals surface area contributed by atoms with Gasteiger partial charge in [-0.3, -0.25) is 9.69 Å². The summed E-state index contributed by atoms with van der Waals surface area (Å²) in [4.78, 5) is 19.1. The van der Waals surface area contributed by atoms with Crippen LogP contribution in [0.4, 0.5) is 0 Å². The van der Waals surface area contributed by atoms with Crippen LogP contribution in [0.25, 0.3) is 0 Å². The van der Waals surface area contributed by atoms with E-state index in [4.69, 9.17) is 0 Å². The molecule has 2 aromatic rings. The molecular formula is C19H25N3O3S3. The van der Waals surface area contributed by atoms with Crippen molar-refractivity contribution in [1.82, 2.24) is 14.1 Å². The Morgan fingerprint density at radius 3 is 2.36 bits per heavy atom. The highest BCUT2D eigenvalue weighted by atomic mass is 32.2. The number of hydrogen-bond acceptors (Lipinski definition) is 6. The summed E-state index contributed by atoms with van der Waals surface area (Å²) in [6.45, 7) is 4.89. The summed E-state index contributed by atoms with van der Waals surface area (Å²) in [6, 6.07) is 5.78. The maximum absolute atomic E-state index is 13.1. The van der Waals surface area contributed by atoms with Crippen LogP contribution in [0.5, 0.6) is 0 Å². The topological polar surface area (TPSA) is 60.9 Å². The first-order valence-corrected chi connectivity index (χ1v) is 12.9. The van der Waals surface area contributed by atoms with Crippen LogP contribution in [0, 0.1) is 0 Å². The fraction of sp³-hybridized carbons (Fsp3) is 0.526. The lowest BCUT2D eigenvalue weighted by Gasteiger charge is -2.34. The number of rotatable bonds is 5. The van der Waals surface area contributed by atoms with Crippen molar-refractivity contribution in [2.45, 2.75) is 30.7 Å². The number of thiophene rings is 2. The van der Waals surface area contributed by atoms with Crippen molar-refractivity contribution in [2.24, 2.45) is 0 Å². The van der Waals surface area contributed by atoms with E-state index in [1.807, 2.05) is 0 Å². The van der Waals surface area contributed by atoms with E-state index < -0.39 is 10.0 Å². The quantitative estimate of drug-likeness (QED) is 0.719. The van der Waals surface area contributed by atoms with Crippen LogP contribution in [-0.2, 0) is 16.6 Å². The van der Waals surface area contributed by atoms with Crippen molar-refractivity contribution < 1.29 is 13.2 Å². The zero-order valence-electron chi connectivity index (χ0n) is 15.7. The van der Waals surface area contributed by atoms with E-state index in [1.165, 1.54) is 20.5 Å². The van der Waals surface area contributed by atoms with Gasteiger partial charge in [-0.25, -0.2) is 8.42 Å². The molecule has 0 spiro atoms. The lowest BCUT2D eigenvalue weighted by atomic mass is 10.2. The number of sulfonamides is 1. The van der Waals surface area contributed by atoms with Crippen molar-refractivity contribution in [3.05, 3.63) is 38.7 Å². The number of hydrogen-bond donors (Lipinski definition) is 0. The second-order valence-corrected chi connectivity index (χ2v) is 11.1. The summed E-state index contributed by atoms with van der Waals surface area (Å²) in [5, 5.41) is 3.80. The Kier molecular flexibility index (Phi) is 6.17. The molecule has 0 unspecified atom stereocenters. The van der Waals surface area contributed by atoms with Gasteiger partial charge in [0.1, 0.15) is 9.77 Å². The molecule has 4 heterocycles. The third-order valence-corrected chi connectivity index (χ3v) is 9.21. The van der Waals surface area contributed by atoms with E-state index in [9.17, 15) is 13.2 Å². The van der Waals surface area contributed by atoms with Crippen molar-refractivity contribution >= 4 is 38.6 Å². The smallest absolute Gasteiger partial charge is 0.265 e. The van der Waals surface area contributed by atoms with Gasteiger partial charge in [-0.2, -0.15) is 4.31 Å². The molecule has 0 radical (unpaired) electrons. The minimum atomic E-state index is -3.59. The van der Waals surface area contributed by atoms with Gasteiger partial charge in [-0.1, -0.05) is 12.5 Å². The lowest BCUT2D eigenvalue weighted by molar-refractivity contribution is 0.0631. The summed E-state index contributed by atoms with van der Waals surface area (Å²) in [6.07, 6.45) is 2.84. The van der Waals surface area contributed by atoms with Crippen LogP contribution in [0.15, 0.2) is 33.9 Å². The highest BCUT2D eigenvalue weighted by molar-refractivity contribution is 7.89. The van der Waals surface area contributed by atoms with Crippen LogP contribution in [-0.4, -0.2) is 67.7 Å². The number of piperazine rings is 1. The van der Waals surface area contributed by atoms with Crippen LogP contribution in [0.3, 0.4) is 0 Å². The molecule has 1 amide bonds. The standard InChI is InChI=1S/C19H25N3O3S3/c23-19(21-11-9-20(10-12-21)15-16-5-4-13-26-16)18-17(6-14-27-18)28(24,25)22-7-2-1-3-8-22/h4-6,13-14H,1-3,7-12,15H2. The van der Waals surface area contributed by atoms with E-state index in [0.717, 1.165) is 38.9 Å². The van der Waals surface area contributed by atoms with Crippen LogP contribution in [0.1, 0.15) is 33.8 Å². The third-order valence-electron chi connectivity index (χ3n) is 5.38. The zero-order chi connectivity index (χ0) is 19.6. The van der Waals surface area contributed by atoms with Gasteiger partial charge in [0.05, 0.1) is 0 Å². The summed E-state index contributed by atoms with van der Waals surface area (Å²) >= 11 is 2.99. The second-order valence-electron chi connectivity index (χ2n) is 7.23. The first-order chi connectivity index (χ1) is 13.6. The van der Waals surface area contributed by atoms with Crippen LogP contribution >= 0.6 is 22.7 Å². The average molecular weight is 440 g/mol. The average Bonchev–Trinajstić information content (AvgIpc) is 3.41. The number of nitrogens with zero attached hydrogens (tertiary/aromatic N) is 3. The Morgan fingerprint density at radius 1 is 0.929 bits per heavy atom. The Bertz CT molecular complexity index is 894. The Morgan fingerprint density at radius 2 is 1.68 bits per heavy atom. The summed E-state index contributed by atoms with van der Waals surface area (Å²) < 4.78 is 27.6. The van der Waals surface area contributed by atoms with E-state index >= 15 is 0 Å². The first-order valence-electron chi connectivity index (χ1n) is 9.67. The summed E-state index contributed by atoms with van der Waals surface area (Å²) in [5.74, 6) is -0.152. The molecule has 0 N–H and O–H groups in total. The van der Waals surface area contributed by atoms with Gasteiger partial charge in [0.15, 0.2) is 0 Å². The monoisotopic (exact) mass is 439 g/mol. The molecule has 152 valence electrons. The summed E-state index contributed by atoms with van der Waals surface area (Å²) in [7, 11) is -3.59. The molecule has 2 aliphatic heterocycles. The van der Waals surface area contributed by atoms with E-state index in [1.54, 1.807) is 27.7 Å². The minimum Gasteiger partial charge on any atom is -0.335 e. The molecular weight excluding hydrogens is 414 g/mol. The van der Waals surface area contributed by atoms with Crippen LogP contribution < -0.4 is 0 Å². The second kappa shape index (κ2) is 8.62. The Balaban J connectivity index is 1.43. The van der Waals surface area contributed by atoms with Gasteiger partial charge in [-0.05, 0) is 35.7 Å². The molecule has 2 aliphatic rings. The predicted molar refractivity (Wildman–Crippen MR) is 112 cm³/mol. The normalized spacial score (nSPS) is 19.8. The van der Waals surface area contributed by atoms with Crippen molar-refractivity contribution in [2.75, 3.05) is 39.3 Å². The molecule has 4 rings (SSSR count). The van der Waals surface area contributed by atoms with E-state index in [2.05, 4.69) is 22.4 Å². The minimum absolute atomic E-state index is 0.152. The summed E-state index contributed by atoms with van der Waals surface area (Å²) in [5.41, 5.74) is 0. The van der Waals surface area contributed by atoms with Gasteiger partial charge in [-0.15, -0.1) is 22.7 Å². The largest absolute Gasteiger partial charge is 0.335 e. The molecule has 0 aromatic carbocycles.